The molecule has 30 heavy (non-hydrogen) atoms. The molecule has 1 aromatic heterocycles. The summed E-state index contributed by atoms with van der Waals surface area (Å²) in [7, 11) is 4.23. The van der Waals surface area contributed by atoms with Gasteiger partial charge in [-0.15, -0.1) is 24.8 Å². The van der Waals surface area contributed by atoms with Gasteiger partial charge < -0.3 is 15.2 Å². The molecule has 1 aliphatic rings. The van der Waals surface area contributed by atoms with Gasteiger partial charge >= 0.3 is 0 Å². The molecule has 0 amide bonds. The Hall–Kier alpha value is -2.20. The minimum atomic E-state index is 0. The molecule has 1 aliphatic heterocycles. The van der Waals surface area contributed by atoms with E-state index in [2.05, 4.69) is 90.8 Å². The van der Waals surface area contributed by atoms with Crippen LogP contribution in [-0.2, 0) is 12.8 Å². The summed E-state index contributed by atoms with van der Waals surface area (Å²) in [4.78, 5) is 5.92. The molecule has 0 radical (unpaired) electrons. The van der Waals surface area contributed by atoms with E-state index >= 15 is 0 Å². The first-order valence-electron chi connectivity index (χ1n) is 10.1. The normalized spacial score (nSPS) is 15.4. The summed E-state index contributed by atoms with van der Waals surface area (Å²) in [5, 5.41) is 7.84. The van der Waals surface area contributed by atoms with Crippen LogP contribution in [0.5, 0.6) is 0 Å². The van der Waals surface area contributed by atoms with Crippen molar-refractivity contribution in [3.05, 3.63) is 77.0 Å². The number of aromatic amines is 1. The molecule has 4 aromatic rings. The summed E-state index contributed by atoms with van der Waals surface area (Å²) in [5.74, 6) is 0. The van der Waals surface area contributed by atoms with Crippen LogP contribution in [0.4, 0.5) is 5.69 Å². The van der Waals surface area contributed by atoms with E-state index in [0.29, 0.717) is 6.04 Å². The average molecular weight is 442 g/mol. The maximum atomic E-state index is 3.76. The van der Waals surface area contributed by atoms with Crippen molar-refractivity contribution in [2.45, 2.75) is 25.8 Å². The Morgan fingerprint density at radius 3 is 2.47 bits per heavy atom. The van der Waals surface area contributed by atoms with Gasteiger partial charge in [0.25, 0.3) is 0 Å². The molecule has 3 aromatic carbocycles. The predicted molar refractivity (Wildman–Crippen MR) is 134 cm³/mol. The molecule has 0 aliphatic carbocycles. The molecule has 1 unspecified atom stereocenters. The Balaban J connectivity index is 0.00000128. The first kappa shape index (κ1) is 22.5. The van der Waals surface area contributed by atoms with Gasteiger partial charge in [0.1, 0.15) is 0 Å². The second kappa shape index (κ2) is 8.89. The molecule has 2 N–H and O–H groups in total. The van der Waals surface area contributed by atoms with Gasteiger partial charge in [0, 0.05) is 41.8 Å². The highest BCUT2D eigenvalue weighted by Gasteiger charge is 2.24. The number of anilines is 1. The van der Waals surface area contributed by atoms with Gasteiger partial charge in [0.2, 0.25) is 0 Å². The van der Waals surface area contributed by atoms with Crippen molar-refractivity contribution in [1.82, 2.24) is 10.3 Å². The van der Waals surface area contributed by atoms with Crippen molar-refractivity contribution in [2.24, 2.45) is 0 Å². The highest BCUT2D eigenvalue weighted by molar-refractivity contribution is 5.96. The number of hydrogen-bond donors (Lipinski definition) is 2. The Morgan fingerprint density at radius 1 is 0.933 bits per heavy atom. The molecule has 1 atom stereocenters. The van der Waals surface area contributed by atoms with Gasteiger partial charge in [-0.25, -0.2) is 0 Å². The van der Waals surface area contributed by atoms with E-state index in [1.807, 2.05) is 0 Å². The molecule has 2 heterocycles. The van der Waals surface area contributed by atoms with Crippen molar-refractivity contribution in [3.8, 4) is 0 Å². The van der Waals surface area contributed by atoms with Gasteiger partial charge in [-0.05, 0) is 61.0 Å². The standard InChI is InChI=1S/C25H27N3.2ClH/c1-16-8-10-22-21(14-16)20-12-13-26-23(25(20)27-22)15-17-9-11-24(28(2)3)19-7-5-4-6-18(17)19;;/h4-11,14,23,26-27H,12-13,15H2,1-3H3;2*1H. The van der Waals surface area contributed by atoms with Crippen LogP contribution in [0.2, 0.25) is 0 Å². The quantitative estimate of drug-likeness (QED) is 0.410. The Morgan fingerprint density at radius 2 is 1.70 bits per heavy atom. The number of benzene rings is 3. The van der Waals surface area contributed by atoms with Gasteiger partial charge in [0.05, 0.1) is 6.04 Å². The summed E-state index contributed by atoms with van der Waals surface area (Å²) in [6, 6.07) is 20.4. The van der Waals surface area contributed by atoms with Gasteiger partial charge in [-0.1, -0.05) is 42.0 Å². The molecular weight excluding hydrogens is 413 g/mol. The first-order chi connectivity index (χ1) is 13.6. The predicted octanol–water partition coefficient (Wildman–Crippen LogP) is 5.97. The van der Waals surface area contributed by atoms with E-state index in [9.17, 15) is 0 Å². The highest BCUT2D eigenvalue weighted by Crippen LogP contribution is 2.35. The lowest BCUT2D eigenvalue weighted by Gasteiger charge is -2.26. The van der Waals surface area contributed by atoms with E-state index in [0.717, 1.165) is 19.4 Å². The molecule has 0 saturated heterocycles. The van der Waals surface area contributed by atoms with Crippen molar-refractivity contribution < 1.29 is 0 Å². The van der Waals surface area contributed by atoms with Crippen LogP contribution in [0.25, 0.3) is 21.7 Å². The zero-order chi connectivity index (χ0) is 19.3. The zero-order valence-electron chi connectivity index (χ0n) is 17.7. The number of nitrogens with one attached hydrogen (secondary N) is 2. The maximum Gasteiger partial charge on any atom is 0.0517 e. The van der Waals surface area contributed by atoms with E-state index in [-0.39, 0.29) is 24.8 Å². The minimum Gasteiger partial charge on any atom is -0.377 e. The molecule has 5 rings (SSSR count). The molecule has 5 heteroatoms. The lowest BCUT2D eigenvalue weighted by molar-refractivity contribution is 0.496. The fraction of sp³-hybridized carbons (Fsp3) is 0.280. The highest BCUT2D eigenvalue weighted by atomic mass is 35.5. The monoisotopic (exact) mass is 441 g/mol. The molecule has 158 valence electrons. The average Bonchev–Trinajstić information content (AvgIpc) is 3.07. The Labute approximate surface area is 190 Å². The van der Waals surface area contributed by atoms with Crippen molar-refractivity contribution >= 4 is 52.2 Å². The third-order valence-corrected chi connectivity index (χ3v) is 6.11. The zero-order valence-corrected chi connectivity index (χ0v) is 19.3. The largest absolute Gasteiger partial charge is 0.377 e. The fourth-order valence-corrected chi connectivity index (χ4v) is 4.73. The summed E-state index contributed by atoms with van der Waals surface area (Å²) in [6.07, 6.45) is 2.09. The summed E-state index contributed by atoms with van der Waals surface area (Å²) < 4.78 is 0. The molecule has 0 fully saturated rings. The van der Waals surface area contributed by atoms with Crippen LogP contribution in [0.15, 0.2) is 54.6 Å². The van der Waals surface area contributed by atoms with E-state index in [1.165, 1.54) is 49.7 Å². The lowest BCUT2D eigenvalue weighted by Crippen LogP contribution is -2.31. The molecule has 0 saturated carbocycles. The summed E-state index contributed by atoms with van der Waals surface area (Å²) in [6.45, 7) is 3.21. The number of rotatable bonds is 3. The van der Waals surface area contributed by atoms with E-state index < -0.39 is 0 Å². The third kappa shape index (κ3) is 3.78. The number of aryl methyl sites for hydroxylation is 1. The number of H-pyrrole nitrogens is 1. The number of hydrogen-bond acceptors (Lipinski definition) is 2. The number of aromatic nitrogens is 1. The molecule has 0 spiro atoms. The fourth-order valence-electron chi connectivity index (χ4n) is 4.73. The van der Waals surface area contributed by atoms with E-state index in [1.54, 1.807) is 0 Å². The van der Waals surface area contributed by atoms with E-state index in [4.69, 9.17) is 0 Å². The third-order valence-electron chi connectivity index (χ3n) is 6.11. The topological polar surface area (TPSA) is 31.1 Å². The molecule has 3 nitrogen and oxygen atoms in total. The summed E-state index contributed by atoms with van der Waals surface area (Å²) >= 11 is 0. The van der Waals surface area contributed by atoms with Crippen molar-refractivity contribution in [1.29, 1.82) is 0 Å². The minimum absolute atomic E-state index is 0. The molecular formula is C25H29Cl2N3. The van der Waals surface area contributed by atoms with Crippen LogP contribution in [0.1, 0.15) is 28.4 Å². The Bertz CT molecular complexity index is 1180. The van der Waals surface area contributed by atoms with Crippen LogP contribution in [0.3, 0.4) is 0 Å². The lowest BCUT2D eigenvalue weighted by atomic mass is 9.92. The van der Waals surface area contributed by atoms with Crippen molar-refractivity contribution in [2.75, 3.05) is 25.5 Å². The number of nitrogens with zero attached hydrogens (tertiary/aromatic N) is 1. The second-order valence-electron chi connectivity index (χ2n) is 8.21. The molecule has 0 bridgehead atoms. The van der Waals surface area contributed by atoms with Gasteiger partial charge in [0.15, 0.2) is 0 Å². The van der Waals surface area contributed by atoms with Crippen LogP contribution >= 0.6 is 24.8 Å². The van der Waals surface area contributed by atoms with Crippen LogP contribution < -0.4 is 10.2 Å². The van der Waals surface area contributed by atoms with Crippen LogP contribution in [0, 0.1) is 6.92 Å². The first-order valence-corrected chi connectivity index (χ1v) is 10.1. The smallest absolute Gasteiger partial charge is 0.0517 e. The second-order valence-corrected chi connectivity index (χ2v) is 8.21. The Kier molecular flexibility index (Phi) is 6.66. The van der Waals surface area contributed by atoms with Crippen molar-refractivity contribution in [3.63, 3.8) is 0 Å². The van der Waals surface area contributed by atoms with Gasteiger partial charge in [-0.2, -0.15) is 0 Å². The SMILES string of the molecule is Cc1ccc2[nH]c3c(c2c1)CCNC3Cc1ccc(N(C)C)c2ccccc12.Cl.Cl. The van der Waals surface area contributed by atoms with Gasteiger partial charge in [-0.3, -0.25) is 0 Å². The maximum absolute atomic E-state index is 3.76. The number of halogens is 2. The summed E-state index contributed by atoms with van der Waals surface area (Å²) in [5.41, 5.74) is 8.13. The van der Waals surface area contributed by atoms with Crippen LogP contribution in [-0.4, -0.2) is 25.6 Å². The number of fused-ring (bicyclic) bond motifs is 4.